The molecule has 0 aromatic heterocycles. The molecule has 0 aliphatic carbocycles. The van der Waals surface area contributed by atoms with Crippen LogP contribution in [0.15, 0.2) is 0 Å². The minimum atomic E-state index is 1.37. The molecule has 0 aromatic carbocycles. The Morgan fingerprint density at radius 2 is 0.708 bits per heavy atom. The summed E-state index contributed by atoms with van der Waals surface area (Å²) in [6.07, 6.45) is 17.5. The van der Waals surface area contributed by atoms with E-state index in [4.69, 9.17) is 0 Å². The number of quaternary nitrogens is 2. The first-order chi connectivity index (χ1) is 11.7. The summed E-state index contributed by atoms with van der Waals surface area (Å²) >= 11 is 0. The first-order valence-corrected chi connectivity index (χ1v) is 11.4. The summed E-state index contributed by atoms with van der Waals surface area (Å²) in [6, 6.07) is 0. The van der Waals surface area contributed by atoms with Gasteiger partial charge in [0, 0.05) is 0 Å². The van der Waals surface area contributed by atoms with E-state index < -0.39 is 0 Å². The standard InChI is InChI=1S/C22H46N2/c1-3-5-7-9-11-13-15-23-17-20-24(21-18-23,22-19-23)16-14-12-10-8-6-4-2/h3-22H2,1-2H3/q+2. The van der Waals surface area contributed by atoms with Crippen LogP contribution in [-0.4, -0.2) is 61.3 Å². The summed E-state index contributed by atoms with van der Waals surface area (Å²) in [6.45, 7) is 16.6. The second-order valence-corrected chi connectivity index (χ2v) is 9.01. The molecule has 3 aliphatic heterocycles. The van der Waals surface area contributed by atoms with Gasteiger partial charge in [0.05, 0.1) is 13.1 Å². The van der Waals surface area contributed by atoms with E-state index in [1.165, 1.54) is 138 Å². The lowest BCUT2D eigenvalue weighted by Gasteiger charge is -2.55. The fraction of sp³-hybridized carbons (Fsp3) is 1.00. The summed E-state index contributed by atoms with van der Waals surface area (Å²) in [4.78, 5) is 0. The first-order valence-electron chi connectivity index (χ1n) is 11.4. The molecule has 0 aromatic rings. The molecule has 0 unspecified atom stereocenters. The molecule has 24 heavy (non-hydrogen) atoms. The van der Waals surface area contributed by atoms with Crippen LogP contribution >= 0.6 is 0 Å². The molecule has 0 atom stereocenters. The zero-order valence-corrected chi connectivity index (χ0v) is 17.0. The minimum Gasteiger partial charge on any atom is -0.310 e. The number of hydrogen-bond acceptors (Lipinski definition) is 0. The molecule has 0 spiro atoms. The fourth-order valence-electron chi connectivity index (χ4n) is 5.07. The van der Waals surface area contributed by atoms with Crippen molar-refractivity contribution in [3.8, 4) is 0 Å². The third kappa shape index (κ3) is 6.33. The Morgan fingerprint density at radius 1 is 0.417 bits per heavy atom. The molecule has 0 radical (unpaired) electrons. The van der Waals surface area contributed by atoms with Gasteiger partial charge in [0.15, 0.2) is 0 Å². The smallest absolute Gasteiger partial charge is 0.129 e. The highest BCUT2D eigenvalue weighted by molar-refractivity contribution is 4.63. The van der Waals surface area contributed by atoms with Crippen molar-refractivity contribution in [2.45, 2.75) is 90.9 Å². The van der Waals surface area contributed by atoms with Gasteiger partial charge in [-0.05, 0) is 25.7 Å². The molecule has 0 N–H and O–H groups in total. The van der Waals surface area contributed by atoms with Gasteiger partial charge in [-0.2, -0.15) is 0 Å². The Labute approximate surface area is 152 Å². The van der Waals surface area contributed by atoms with Crippen LogP contribution in [0.4, 0.5) is 0 Å². The first kappa shape index (κ1) is 20.2. The van der Waals surface area contributed by atoms with Crippen LogP contribution in [0.2, 0.25) is 0 Å². The van der Waals surface area contributed by atoms with Gasteiger partial charge >= 0.3 is 0 Å². The predicted molar refractivity (Wildman–Crippen MR) is 106 cm³/mol. The third-order valence-electron chi connectivity index (χ3n) is 7.12. The van der Waals surface area contributed by atoms with Crippen LogP contribution in [0.1, 0.15) is 90.9 Å². The van der Waals surface area contributed by atoms with E-state index >= 15 is 0 Å². The van der Waals surface area contributed by atoms with Crippen LogP contribution < -0.4 is 0 Å². The van der Waals surface area contributed by atoms with Crippen LogP contribution in [0, 0.1) is 0 Å². The van der Waals surface area contributed by atoms with E-state index in [0.717, 1.165) is 0 Å². The lowest BCUT2D eigenvalue weighted by Crippen LogP contribution is -2.75. The lowest BCUT2D eigenvalue weighted by atomic mass is 10.0. The Balaban J connectivity index is 1.57. The molecule has 142 valence electrons. The maximum atomic E-state index is 2.32. The zero-order chi connectivity index (χ0) is 17.1. The number of nitrogens with zero attached hydrogens (tertiary/aromatic N) is 2. The maximum absolute atomic E-state index is 2.32. The fourth-order valence-corrected chi connectivity index (χ4v) is 5.07. The predicted octanol–water partition coefficient (Wildman–Crippen LogP) is 5.37. The number of piperazine rings is 3. The molecule has 3 saturated heterocycles. The lowest BCUT2D eigenvalue weighted by molar-refractivity contribution is -1.08. The van der Waals surface area contributed by atoms with Gasteiger partial charge in [-0.25, -0.2) is 0 Å². The second kappa shape index (κ2) is 10.8. The normalized spacial score (nSPS) is 29.2. The summed E-state index contributed by atoms with van der Waals surface area (Å²) in [5.74, 6) is 0. The second-order valence-electron chi connectivity index (χ2n) is 9.01. The number of fused-ring (bicyclic) bond motifs is 3. The molecule has 3 aliphatic rings. The van der Waals surface area contributed by atoms with Crippen molar-refractivity contribution >= 4 is 0 Å². The van der Waals surface area contributed by atoms with Crippen LogP contribution in [0.5, 0.6) is 0 Å². The highest BCUT2D eigenvalue weighted by atomic mass is 15.5. The van der Waals surface area contributed by atoms with Gasteiger partial charge in [0.1, 0.15) is 39.3 Å². The quantitative estimate of drug-likeness (QED) is 0.295. The van der Waals surface area contributed by atoms with Gasteiger partial charge in [0.2, 0.25) is 0 Å². The van der Waals surface area contributed by atoms with Crippen molar-refractivity contribution in [1.29, 1.82) is 0 Å². The molecule has 2 heteroatoms. The zero-order valence-electron chi connectivity index (χ0n) is 17.0. The van der Waals surface area contributed by atoms with Crippen LogP contribution in [0.3, 0.4) is 0 Å². The van der Waals surface area contributed by atoms with Crippen molar-refractivity contribution in [1.82, 2.24) is 0 Å². The van der Waals surface area contributed by atoms with Gasteiger partial charge in [0.25, 0.3) is 0 Å². The topological polar surface area (TPSA) is 0 Å². The van der Waals surface area contributed by atoms with Crippen molar-refractivity contribution in [2.24, 2.45) is 0 Å². The monoisotopic (exact) mass is 338 g/mol. The molecule has 3 heterocycles. The Hall–Kier alpha value is -0.0800. The highest BCUT2D eigenvalue weighted by Gasteiger charge is 2.47. The Morgan fingerprint density at radius 3 is 1.04 bits per heavy atom. The summed E-state index contributed by atoms with van der Waals surface area (Å²) in [5.41, 5.74) is 0. The summed E-state index contributed by atoms with van der Waals surface area (Å²) < 4.78 is 2.98. The van der Waals surface area contributed by atoms with E-state index in [1.54, 1.807) is 0 Å². The van der Waals surface area contributed by atoms with E-state index in [0.29, 0.717) is 0 Å². The molecule has 2 nitrogen and oxygen atoms in total. The number of hydrogen-bond donors (Lipinski definition) is 0. The molecule has 0 saturated carbocycles. The van der Waals surface area contributed by atoms with Crippen molar-refractivity contribution in [3.63, 3.8) is 0 Å². The molecule has 3 rings (SSSR count). The third-order valence-corrected chi connectivity index (χ3v) is 7.12. The van der Waals surface area contributed by atoms with E-state index in [-0.39, 0.29) is 0 Å². The molecule has 0 amide bonds. The SMILES string of the molecule is CCCCCCCC[N+]12CC[N+](CCCCCCCC)(CC1)CC2. The average Bonchev–Trinajstić information content (AvgIpc) is 2.63. The Kier molecular flexibility index (Phi) is 9.11. The van der Waals surface area contributed by atoms with Gasteiger partial charge in [-0.1, -0.05) is 65.2 Å². The summed E-state index contributed by atoms with van der Waals surface area (Å²) in [7, 11) is 0. The van der Waals surface area contributed by atoms with E-state index in [1.807, 2.05) is 0 Å². The van der Waals surface area contributed by atoms with Crippen molar-refractivity contribution < 1.29 is 8.97 Å². The van der Waals surface area contributed by atoms with E-state index in [9.17, 15) is 0 Å². The number of rotatable bonds is 14. The molecular formula is C22H46N2+2. The van der Waals surface area contributed by atoms with Gasteiger partial charge in [-0.3, -0.25) is 0 Å². The molecular weight excluding hydrogens is 292 g/mol. The number of unbranched alkanes of at least 4 members (excludes halogenated alkanes) is 10. The van der Waals surface area contributed by atoms with Crippen molar-refractivity contribution in [3.05, 3.63) is 0 Å². The van der Waals surface area contributed by atoms with Crippen LogP contribution in [0.25, 0.3) is 0 Å². The van der Waals surface area contributed by atoms with Crippen LogP contribution in [-0.2, 0) is 0 Å². The molecule has 2 bridgehead atoms. The molecule has 3 fully saturated rings. The summed E-state index contributed by atoms with van der Waals surface area (Å²) in [5, 5.41) is 0. The average molecular weight is 339 g/mol. The van der Waals surface area contributed by atoms with E-state index in [2.05, 4.69) is 13.8 Å². The minimum absolute atomic E-state index is 1.37. The highest BCUT2D eigenvalue weighted by Crippen LogP contribution is 2.28. The largest absolute Gasteiger partial charge is 0.310 e. The Bertz CT molecular complexity index is 269. The maximum Gasteiger partial charge on any atom is 0.129 e. The van der Waals surface area contributed by atoms with Crippen molar-refractivity contribution in [2.75, 3.05) is 52.4 Å². The van der Waals surface area contributed by atoms with Gasteiger partial charge < -0.3 is 8.97 Å². The van der Waals surface area contributed by atoms with Gasteiger partial charge in [-0.15, -0.1) is 0 Å².